The van der Waals surface area contributed by atoms with Crippen LogP contribution in [0.1, 0.15) is 24.8 Å². The zero-order valence-electron chi connectivity index (χ0n) is 18.2. The van der Waals surface area contributed by atoms with E-state index in [-0.39, 0.29) is 17.9 Å². The van der Waals surface area contributed by atoms with Crippen molar-refractivity contribution in [2.24, 2.45) is 0 Å². The van der Waals surface area contributed by atoms with Crippen LogP contribution < -0.4 is 10.2 Å². The Morgan fingerprint density at radius 2 is 2.03 bits per heavy atom. The molecule has 0 spiro atoms. The first-order valence-electron chi connectivity index (χ1n) is 10.9. The number of aromatic nitrogens is 2. The summed E-state index contributed by atoms with van der Waals surface area (Å²) in [7, 11) is 0. The van der Waals surface area contributed by atoms with Crippen molar-refractivity contribution < 1.29 is 9.18 Å². The van der Waals surface area contributed by atoms with Crippen molar-refractivity contribution in [1.29, 1.82) is 0 Å². The van der Waals surface area contributed by atoms with Crippen LogP contribution in [0.3, 0.4) is 0 Å². The molecule has 0 aliphatic carbocycles. The molecule has 0 bridgehead atoms. The molecule has 1 aliphatic rings. The Balaban J connectivity index is 1.64. The van der Waals surface area contributed by atoms with E-state index >= 15 is 0 Å². The van der Waals surface area contributed by atoms with E-state index in [4.69, 9.17) is 6.57 Å². The van der Waals surface area contributed by atoms with Gasteiger partial charge in [0.25, 0.3) is 0 Å². The standard InChI is InChI=1S/C26H24FN5O/c1-3-23(33)14-18-12-19(15-20(27)13-18)25-24(28-2)17-29-26(31-25)30-21-8-7-9-22(16-21)32-10-5-4-6-11-32/h3,7-9,12-13,15-17H,1,4-6,10-11,14H2,(H,29,30,31). The van der Waals surface area contributed by atoms with Gasteiger partial charge in [0.2, 0.25) is 11.6 Å². The lowest BCUT2D eigenvalue weighted by Crippen LogP contribution is -2.29. The predicted octanol–water partition coefficient (Wildman–Crippen LogP) is 5.86. The number of hydrogen-bond acceptors (Lipinski definition) is 5. The molecular formula is C26H24FN5O. The van der Waals surface area contributed by atoms with Gasteiger partial charge in [0.15, 0.2) is 5.78 Å². The third-order valence-corrected chi connectivity index (χ3v) is 5.55. The van der Waals surface area contributed by atoms with Gasteiger partial charge < -0.3 is 10.2 Å². The molecule has 1 aliphatic heterocycles. The van der Waals surface area contributed by atoms with Crippen LogP contribution in [-0.4, -0.2) is 28.8 Å². The number of piperidine rings is 1. The van der Waals surface area contributed by atoms with Gasteiger partial charge in [-0.3, -0.25) is 4.79 Å². The van der Waals surface area contributed by atoms with Crippen molar-refractivity contribution in [3.8, 4) is 11.3 Å². The van der Waals surface area contributed by atoms with E-state index in [2.05, 4.69) is 43.7 Å². The van der Waals surface area contributed by atoms with Crippen LogP contribution >= 0.6 is 0 Å². The number of nitrogens with zero attached hydrogens (tertiary/aromatic N) is 4. The van der Waals surface area contributed by atoms with Crippen molar-refractivity contribution in [2.75, 3.05) is 23.3 Å². The molecule has 1 N–H and O–H groups in total. The fraction of sp³-hybridized carbons (Fsp3) is 0.231. The molecule has 0 radical (unpaired) electrons. The van der Waals surface area contributed by atoms with Crippen LogP contribution in [0.5, 0.6) is 0 Å². The highest BCUT2D eigenvalue weighted by atomic mass is 19.1. The number of carbonyl (C=O) groups is 1. The van der Waals surface area contributed by atoms with E-state index in [9.17, 15) is 9.18 Å². The quantitative estimate of drug-likeness (QED) is 0.367. The van der Waals surface area contributed by atoms with Crippen molar-refractivity contribution >= 4 is 28.8 Å². The molecule has 0 amide bonds. The SMILES string of the molecule is [C-]#[N+]c1cnc(Nc2cccc(N3CCCCC3)c2)nc1-c1cc(F)cc(CC(=O)C=C)c1. The van der Waals surface area contributed by atoms with E-state index in [1.165, 1.54) is 43.7 Å². The minimum Gasteiger partial charge on any atom is -0.371 e. The van der Waals surface area contributed by atoms with Gasteiger partial charge in [-0.25, -0.2) is 19.2 Å². The Kier molecular flexibility index (Phi) is 6.75. The van der Waals surface area contributed by atoms with Crippen LogP contribution in [0.25, 0.3) is 16.1 Å². The molecule has 7 heteroatoms. The maximum absolute atomic E-state index is 14.3. The second kappa shape index (κ2) is 10.0. The average molecular weight is 442 g/mol. The number of carbonyl (C=O) groups excluding carboxylic acids is 1. The number of hydrogen-bond donors (Lipinski definition) is 1. The molecule has 4 rings (SSSR count). The molecule has 0 unspecified atom stereocenters. The fourth-order valence-electron chi connectivity index (χ4n) is 3.95. The van der Waals surface area contributed by atoms with E-state index < -0.39 is 5.82 Å². The van der Waals surface area contributed by atoms with Gasteiger partial charge in [0.1, 0.15) is 5.82 Å². The summed E-state index contributed by atoms with van der Waals surface area (Å²) in [5, 5.41) is 3.20. The maximum Gasteiger partial charge on any atom is 0.230 e. The van der Waals surface area contributed by atoms with Gasteiger partial charge in [0.05, 0.1) is 12.3 Å². The highest BCUT2D eigenvalue weighted by Crippen LogP contribution is 2.31. The summed E-state index contributed by atoms with van der Waals surface area (Å²) in [5.41, 5.74) is 3.39. The van der Waals surface area contributed by atoms with E-state index in [0.717, 1.165) is 24.5 Å². The van der Waals surface area contributed by atoms with Gasteiger partial charge in [-0.1, -0.05) is 18.7 Å². The monoisotopic (exact) mass is 441 g/mol. The predicted molar refractivity (Wildman–Crippen MR) is 128 cm³/mol. The van der Waals surface area contributed by atoms with Crippen LogP contribution in [0.2, 0.25) is 0 Å². The normalized spacial score (nSPS) is 13.3. The highest BCUT2D eigenvalue weighted by Gasteiger charge is 2.14. The summed E-state index contributed by atoms with van der Waals surface area (Å²) in [6, 6.07) is 12.3. The molecule has 0 saturated carbocycles. The Bertz CT molecular complexity index is 1230. The van der Waals surface area contributed by atoms with Gasteiger partial charge in [0, 0.05) is 37.1 Å². The van der Waals surface area contributed by atoms with Gasteiger partial charge in [-0.05, 0) is 66.8 Å². The topological polar surface area (TPSA) is 62.5 Å². The minimum atomic E-state index is -0.502. The molecule has 0 atom stereocenters. The zero-order valence-corrected chi connectivity index (χ0v) is 18.2. The summed E-state index contributed by atoms with van der Waals surface area (Å²) in [6.07, 6.45) is 6.31. The highest BCUT2D eigenvalue weighted by molar-refractivity contribution is 5.91. The van der Waals surface area contributed by atoms with Crippen LogP contribution in [0.4, 0.5) is 27.4 Å². The first-order valence-corrected chi connectivity index (χ1v) is 10.9. The third-order valence-electron chi connectivity index (χ3n) is 5.55. The second-order valence-electron chi connectivity index (χ2n) is 7.96. The Hall–Kier alpha value is -4.05. The van der Waals surface area contributed by atoms with Crippen LogP contribution in [-0.2, 0) is 11.2 Å². The fourth-order valence-corrected chi connectivity index (χ4v) is 3.95. The lowest BCUT2D eigenvalue weighted by Gasteiger charge is -2.29. The Morgan fingerprint density at radius 1 is 1.21 bits per heavy atom. The van der Waals surface area contributed by atoms with Crippen molar-refractivity contribution in [3.63, 3.8) is 0 Å². The lowest BCUT2D eigenvalue weighted by molar-refractivity contribution is -0.114. The second-order valence-corrected chi connectivity index (χ2v) is 7.96. The summed E-state index contributed by atoms with van der Waals surface area (Å²) >= 11 is 0. The van der Waals surface area contributed by atoms with Crippen molar-refractivity contribution in [2.45, 2.75) is 25.7 Å². The number of benzene rings is 2. The number of rotatable bonds is 7. The molecule has 1 aromatic heterocycles. The first-order chi connectivity index (χ1) is 16.1. The number of anilines is 3. The molecule has 33 heavy (non-hydrogen) atoms. The largest absolute Gasteiger partial charge is 0.371 e. The first kappa shape index (κ1) is 22.2. The Morgan fingerprint density at radius 3 is 2.79 bits per heavy atom. The van der Waals surface area contributed by atoms with Crippen molar-refractivity contribution in [3.05, 3.63) is 84.1 Å². The van der Waals surface area contributed by atoms with E-state index in [0.29, 0.717) is 22.8 Å². The summed E-state index contributed by atoms with van der Waals surface area (Å²) in [6.45, 7) is 13.0. The van der Waals surface area contributed by atoms with Crippen LogP contribution in [0.15, 0.2) is 61.3 Å². The summed E-state index contributed by atoms with van der Waals surface area (Å²) in [4.78, 5) is 26.4. The molecule has 3 aromatic rings. The van der Waals surface area contributed by atoms with Crippen LogP contribution in [0, 0.1) is 12.4 Å². The Labute approximate surface area is 192 Å². The summed E-state index contributed by atoms with van der Waals surface area (Å²) < 4.78 is 14.3. The van der Waals surface area contributed by atoms with E-state index in [1.54, 1.807) is 6.07 Å². The number of allylic oxidation sites excluding steroid dienone is 1. The number of nitrogens with one attached hydrogen (secondary N) is 1. The third kappa shape index (κ3) is 5.42. The van der Waals surface area contributed by atoms with E-state index in [1.807, 2.05) is 12.1 Å². The zero-order chi connectivity index (χ0) is 23.2. The molecule has 2 aromatic carbocycles. The van der Waals surface area contributed by atoms with Gasteiger partial charge in [-0.15, -0.1) is 0 Å². The lowest BCUT2D eigenvalue weighted by atomic mass is 10.0. The summed E-state index contributed by atoms with van der Waals surface area (Å²) in [5.74, 6) is -0.408. The minimum absolute atomic E-state index is 0.0289. The molecule has 6 nitrogen and oxygen atoms in total. The molecule has 2 heterocycles. The average Bonchev–Trinajstić information content (AvgIpc) is 2.84. The maximum atomic E-state index is 14.3. The van der Waals surface area contributed by atoms with Crippen molar-refractivity contribution in [1.82, 2.24) is 9.97 Å². The molecular weight excluding hydrogens is 417 g/mol. The smallest absolute Gasteiger partial charge is 0.230 e. The molecule has 1 saturated heterocycles. The van der Waals surface area contributed by atoms with Gasteiger partial charge in [-0.2, -0.15) is 0 Å². The number of ketones is 1. The molecule has 166 valence electrons. The van der Waals surface area contributed by atoms with Gasteiger partial charge >= 0.3 is 0 Å². The molecule has 1 fully saturated rings. The number of halogens is 1.